The Labute approximate surface area is 148 Å². The molecule has 0 fully saturated rings. The maximum Gasteiger partial charge on any atom is 0.320 e. The number of pyridine rings is 1. The Morgan fingerprint density at radius 3 is 2.58 bits per heavy atom. The third-order valence-electron chi connectivity index (χ3n) is 2.86. The van der Waals surface area contributed by atoms with Gasteiger partial charge in [0.2, 0.25) is 10.0 Å². The highest BCUT2D eigenvalue weighted by Gasteiger charge is 2.21. The van der Waals surface area contributed by atoms with E-state index in [1.165, 1.54) is 30.6 Å². The molecule has 1 unspecified atom stereocenters. The lowest BCUT2D eigenvalue weighted by Gasteiger charge is -2.10. The minimum Gasteiger partial charge on any atom is -0.355 e. The van der Waals surface area contributed by atoms with Crippen molar-refractivity contribution < 1.29 is 18.0 Å². The molecule has 0 radical (unpaired) electrons. The molecule has 0 N–H and O–H groups in total. The summed E-state index contributed by atoms with van der Waals surface area (Å²) in [5.41, 5.74) is 0.138. The fraction of sp³-hybridized carbons (Fsp3) is 0.188. The van der Waals surface area contributed by atoms with Crippen molar-refractivity contribution in [2.45, 2.75) is 24.7 Å². The molecule has 0 saturated heterocycles. The second-order valence-corrected chi connectivity index (χ2v) is 7.47. The molecule has 1 aromatic heterocycles. The van der Waals surface area contributed by atoms with Crippen LogP contribution >= 0.6 is 15.9 Å². The Morgan fingerprint density at radius 1 is 1.25 bits per heavy atom. The van der Waals surface area contributed by atoms with Gasteiger partial charge in [0.05, 0.1) is 10.5 Å². The number of amides is 1. The van der Waals surface area contributed by atoms with Crippen molar-refractivity contribution in [3.63, 3.8) is 0 Å². The van der Waals surface area contributed by atoms with E-state index in [0.717, 1.165) is 0 Å². The SMILES string of the molecule is CCCC(=O)OS(=O)(=NC(=O)c1cncc(Br)c1)c1ccccc1. The number of nitrogens with zero attached hydrogens (tertiary/aromatic N) is 2. The quantitative estimate of drug-likeness (QED) is 0.748. The van der Waals surface area contributed by atoms with Gasteiger partial charge >= 0.3 is 5.97 Å². The molecular formula is C16H15BrN2O4S. The molecule has 1 aromatic carbocycles. The fourth-order valence-electron chi connectivity index (χ4n) is 1.77. The van der Waals surface area contributed by atoms with Crippen LogP contribution in [0.15, 0.2) is 62.5 Å². The average molecular weight is 411 g/mol. The second-order valence-electron chi connectivity index (χ2n) is 4.78. The number of carbonyl (C=O) groups excluding carboxylic acids is 2. The molecule has 2 aromatic rings. The van der Waals surface area contributed by atoms with E-state index >= 15 is 0 Å². The van der Waals surface area contributed by atoms with Crippen molar-refractivity contribution in [3.05, 3.63) is 58.8 Å². The number of carbonyl (C=O) groups is 2. The van der Waals surface area contributed by atoms with Crippen LogP contribution in [0.1, 0.15) is 30.1 Å². The zero-order valence-electron chi connectivity index (χ0n) is 12.8. The molecule has 8 heteroatoms. The van der Waals surface area contributed by atoms with Gasteiger partial charge in [0.25, 0.3) is 5.91 Å². The van der Waals surface area contributed by atoms with Gasteiger partial charge in [-0.05, 0) is 40.5 Å². The first-order valence-corrected chi connectivity index (χ1v) is 9.37. The van der Waals surface area contributed by atoms with Crippen LogP contribution < -0.4 is 0 Å². The first-order valence-electron chi connectivity index (χ1n) is 7.14. The Hall–Kier alpha value is -2.06. The van der Waals surface area contributed by atoms with Gasteiger partial charge in [-0.15, -0.1) is 4.36 Å². The van der Waals surface area contributed by atoms with Gasteiger partial charge in [0.1, 0.15) is 0 Å². The molecule has 1 heterocycles. The highest BCUT2D eigenvalue weighted by atomic mass is 79.9. The van der Waals surface area contributed by atoms with E-state index in [-0.39, 0.29) is 16.9 Å². The summed E-state index contributed by atoms with van der Waals surface area (Å²) < 4.78 is 22.4. The van der Waals surface area contributed by atoms with Gasteiger partial charge in [-0.25, -0.2) is 4.21 Å². The first kappa shape index (κ1) is 18.3. The van der Waals surface area contributed by atoms with Gasteiger partial charge in [0.15, 0.2) is 0 Å². The summed E-state index contributed by atoms with van der Waals surface area (Å²) in [6.07, 6.45) is 3.43. The van der Waals surface area contributed by atoms with Crippen LogP contribution in [0.25, 0.3) is 0 Å². The van der Waals surface area contributed by atoms with Gasteiger partial charge < -0.3 is 4.18 Å². The van der Waals surface area contributed by atoms with Crippen molar-refractivity contribution in [2.75, 3.05) is 0 Å². The van der Waals surface area contributed by atoms with Gasteiger partial charge in [-0.1, -0.05) is 25.1 Å². The molecule has 24 heavy (non-hydrogen) atoms. The predicted octanol–water partition coefficient (Wildman–Crippen LogP) is 3.77. The average Bonchev–Trinajstić information content (AvgIpc) is 2.55. The van der Waals surface area contributed by atoms with Crippen LogP contribution in [0.3, 0.4) is 0 Å². The fourth-order valence-corrected chi connectivity index (χ4v) is 3.54. The molecule has 0 aliphatic heterocycles. The number of halogens is 1. The van der Waals surface area contributed by atoms with E-state index < -0.39 is 21.9 Å². The number of hydrogen-bond acceptors (Lipinski definition) is 5. The number of aromatic nitrogens is 1. The molecule has 1 atom stereocenters. The molecule has 2 rings (SSSR count). The minimum atomic E-state index is -3.67. The topological polar surface area (TPSA) is 85.7 Å². The third-order valence-corrected chi connectivity index (χ3v) is 4.98. The molecular weight excluding hydrogens is 396 g/mol. The summed E-state index contributed by atoms with van der Waals surface area (Å²) in [5, 5.41) is 0. The monoisotopic (exact) mass is 410 g/mol. The van der Waals surface area contributed by atoms with E-state index in [2.05, 4.69) is 25.3 Å². The molecule has 0 saturated carbocycles. The summed E-state index contributed by atoms with van der Waals surface area (Å²) in [6.45, 7) is 1.79. The highest BCUT2D eigenvalue weighted by Crippen LogP contribution is 2.19. The van der Waals surface area contributed by atoms with Gasteiger partial charge in [-0.3, -0.25) is 14.6 Å². The Bertz CT molecular complexity index is 861. The van der Waals surface area contributed by atoms with Crippen molar-refractivity contribution in [2.24, 2.45) is 4.36 Å². The van der Waals surface area contributed by atoms with Crippen LogP contribution in [0.5, 0.6) is 0 Å². The van der Waals surface area contributed by atoms with Crippen molar-refractivity contribution in [3.8, 4) is 0 Å². The van der Waals surface area contributed by atoms with E-state index in [0.29, 0.717) is 10.9 Å². The lowest BCUT2D eigenvalue weighted by Crippen LogP contribution is -2.15. The molecule has 0 aliphatic carbocycles. The van der Waals surface area contributed by atoms with Crippen LogP contribution in [-0.2, 0) is 19.0 Å². The standard InChI is InChI=1S/C16H15BrN2O4S/c1-2-6-15(20)23-24(22,14-7-4-3-5-8-14)19-16(21)12-9-13(17)11-18-10-12/h3-5,7-11H,2,6H2,1H3. The molecule has 0 spiro atoms. The van der Waals surface area contributed by atoms with E-state index in [4.69, 9.17) is 4.18 Å². The summed E-state index contributed by atoms with van der Waals surface area (Å²) in [6, 6.07) is 9.47. The molecule has 0 aliphatic rings. The Balaban J connectivity index is 2.47. The van der Waals surface area contributed by atoms with Gasteiger partial charge in [0, 0.05) is 23.3 Å². The lowest BCUT2D eigenvalue weighted by molar-refractivity contribution is -0.133. The summed E-state index contributed by atoms with van der Waals surface area (Å²) in [4.78, 5) is 28.2. The van der Waals surface area contributed by atoms with Crippen LogP contribution in [0, 0.1) is 0 Å². The molecule has 6 nitrogen and oxygen atoms in total. The predicted molar refractivity (Wildman–Crippen MR) is 92.5 cm³/mol. The first-order chi connectivity index (χ1) is 11.4. The second kappa shape index (κ2) is 8.16. The number of hydrogen-bond donors (Lipinski definition) is 0. The number of benzene rings is 1. The van der Waals surface area contributed by atoms with E-state index in [9.17, 15) is 13.8 Å². The van der Waals surface area contributed by atoms with Crippen LogP contribution in [-0.4, -0.2) is 21.1 Å². The summed E-state index contributed by atoms with van der Waals surface area (Å²) in [5.74, 6) is -1.45. The summed E-state index contributed by atoms with van der Waals surface area (Å²) >= 11 is 3.20. The van der Waals surface area contributed by atoms with Crippen molar-refractivity contribution in [1.82, 2.24) is 4.98 Å². The minimum absolute atomic E-state index is 0.0893. The highest BCUT2D eigenvalue weighted by molar-refractivity contribution is 9.10. The number of rotatable bonds is 5. The maximum atomic E-state index is 13.1. The largest absolute Gasteiger partial charge is 0.355 e. The molecule has 1 amide bonds. The normalized spacial score (nSPS) is 12.9. The third kappa shape index (κ3) is 4.72. The summed E-state index contributed by atoms with van der Waals surface area (Å²) in [7, 11) is -3.67. The molecule has 126 valence electrons. The van der Waals surface area contributed by atoms with E-state index in [1.807, 2.05) is 0 Å². The smallest absolute Gasteiger partial charge is 0.320 e. The lowest BCUT2D eigenvalue weighted by atomic mass is 10.3. The zero-order chi connectivity index (χ0) is 17.6. The van der Waals surface area contributed by atoms with Crippen LogP contribution in [0.4, 0.5) is 0 Å². The van der Waals surface area contributed by atoms with E-state index in [1.54, 1.807) is 25.1 Å². The zero-order valence-corrected chi connectivity index (χ0v) is 15.2. The van der Waals surface area contributed by atoms with Crippen molar-refractivity contribution in [1.29, 1.82) is 0 Å². The maximum absolute atomic E-state index is 13.1. The van der Waals surface area contributed by atoms with Crippen LogP contribution in [0.2, 0.25) is 0 Å². The Morgan fingerprint density at radius 2 is 1.96 bits per heavy atom. The van der Waals surface area contributed by atoms with Crippen molar-refractivity contribution >= 4 is 37.8 Å². The Kier molecular flexibility index (Phi) is 6.22. The van der Waals surface area contributed by atoms with Gasteiger partial charge in [-0.2, -0.15) is 0 Å². The molecule has 0 bridgehead atoms.